The van der Waals surface area contributed by atoms with Gasteiger partial charge in [-0.25, -0.2) is 4.79 Å². The molecular formula is C12H10N2O3. The highest BCUT2D eigenvalue weighted by molar-refractivity contribution is 6.07. The summed E-state index contributed by atoms with van der Waals surface area (Å²) in [5.74, 6) is -0.430. The first kappa shape index (κ1) is 11.1. The Morgan fingerprint density at radius 3 is 2.94 bits per heavy atom. The monoisotopic (exact) mass is 230 g/mol. The first-order chi connectivity index (χ1) is 8.27. The average Bonchev–Trinajstić information content (AvgIpc) is 2.38. The Labute approximate surface area is 97.4 Å². The van der Waals surface area contributed by atoms with Crippen molar-refractivity contribution >= 4 is 29.0 Å². The summed E-state index contributed by atoms with van der Waals surface area (Å²) in [7, 11) is 1.32. The zero-order valence-corrected chi connectivity index (χ0v) is 9.14. The summed E-state index contributed by atoms with van der Waals surface area (Å²) in [5, 5.41) is 3.18. The van der Waals surface area contributed by atoms with Crippen molar-refractivity contribution in [2.75, 3.05) is 12.4 Å². The molecule has 86 valence electrons. The third kappa shape index (κ3) is 1.94. The summed E-state index contributed by atoms with van der Waals surface area (Å²) in [6.45, 7) is 0. The van der Waals surface area contributed by atoms with Crippen molar-refractivity contribution in [1.82, 2.24) is 4.98 Å². The van der Waals surface area contributed by atoms with Crippen LogP contribution in [0.15, 0.2) is 30.5 Å². The Balaban J connectivity index is 2.69. The second-order valence-electron chi connectivity index (χ2n) is 3.31. The zero-order chi connectivity index (χ0) is 12.3. The number of ether oxygens (including phenoxy) is 1. The summed E-state index contributed by atoms with van der Waals surface area (Å²) in [6.07, 6.45) is 2.08. The van der Waals surface area contributed by atoms with E-state index < -0.39 is 5.97 Å². The number of nitrogens with zero attached hydrogens (tertiary/aromatic N) is 1. The number of anilines is 1. The van der Waals surface area contributed by atoms with Gasteiger partial charge in [0, 0.05) is 11.6 Å². The molecule has 0 unspecified atom stereocenters. The molecule has 0 bridgehead atoms. The molecule has 0 radical (unpaired) electrons. The third-order valence-corrected chi connectivity index (χ3v) is 2.39. The molecule has 0 saturated heterocycles. The van der Waals surface area contributed by atoms with Crippen LogP contribution in [0.5, 0.6) is 0 Å². The summed E-state index contributed by atoms with van der Waals surface area (Å²) in [6, 6.07) is 6.79. The zero-order valence-electron chi connectivity index (χ0n) is 9.14. The number of esters is 1. The number of hydrogen-bond acceptors (Lipinski definition) is 4. The maximum Gasteiger partial charge on any atom is 0.338 e. The second kappa shape index (κ2) is 4.61. The quantitative estimate of drug-likeness (QED) is 0.642. The van der Waals surface area contributed by atoms with E-state index >= 15 is 0 Å². The SMILES string of the molecule is COC(=O)c1ccnc2c(NC=O)cccc12. The van der Waals surface area contributed by atoms with E-state index in [1.807, 2.05) is 0 Å². The van der Waals surface area contributed by atoms with Gasteiger partial charge < -0.3 is 10.1 Å². The molecule has 0 atom stereocenters. The van der Waals surface area contributed by atoms with Crippen molar-refractivity contribution in [1.29, 1.82) is 0 Å². The third-order valence-electron chi connectivity index (χ3n) is 2.39. The minimum Gasteiger partial charge on any atom is -0.465 e. The van der Waals surface area contributed by atoms with Gasteiger partial charge in [0.25, 0.3) is 0 Å². The van der Waals surface area contributed by atoms with Gasteiger partial charge >= 0.3 is 5.97 Å². The van der Waals surface area contributed by atoms with E-state index in [0.29, 0.717) is 28.6 Å². The number of para-hydroxylation sites is 1. The van der Waals surface area contributed by atoms with Crippen molar-refractivity contribution in [2.24, 2.45) is 0 Å². The second-order valence-corrected chi connectivity index (χ2v) is 3.31. The molecule has 2 aromatic rings. The number of benzene rings is 1. The Morgan fingerprint density at radius 2 is 2.24 bits per heavy atom. The molecule has 0 spiro atoms. The number of carbonyl (C=O) groups excluding carboxylic acids is 2. The number of hydrogen-bond donors (Lipinski definition) is 1. The smallest absolute Gasteiger partial charge is 0.338 e. The lowest BCUT2D eigenvalue weighted by atomic mass is 10.1. The number of aromatic nitrogens is 1. The van der Waals surface area contributed by atoms with E-state index in [1.54, 1.807) is 24.3 Å². The molecule has 5 nitrogen and oxygen atoms in total. The van der Waals surface area contributed by atoms with E-state index in [4.69, 9.17) is 0 Å². The van der Waals surface area contributed by atoms with Crippen LogP contribution in [-0.4, -0.2) is 24.5 Å². The minimum absolute atomic E-state index is 0.423. The Kier molecular flexibility index (Phi) is 3.00. The molecule has 1 amide bonds. The number of pyridine rings is 1. The lowest BCUT2D eigenvalue weighted by Gasteiger charge is -2.07. The van der Waals surface area contributed by atoms with Gasteiger partial charge in [-0.1, -0.05) is 12.1 Å². The molecule has 0 fully saturated rings. The van der Waals surface area contributed by atoms with Gasteiger partial charge in [-0.2, -0.15) is 0 Å². The van der Waals surface area contributed by atoms with Gasteiger partial charge in [0.15, 0.2) is 0 Å². The van der Waals surface area contributed by atoms with Crippen LogP contribution >= 0.6 is 0 Å². The molecule has 1 aromatic heterocycles. The molecule has 5 heteroatoms. The molecule has 0 saturated carbocycles. The summed E-state index contributed by atoms with van der Waals surface area (Å²) in [4.78, 5) is 26.2. The van der Waals surface area contributed by atoms with Crippen LogP contribution in [0.2, 0.25) is 0 Å². The van der Waals surface area contributed by atoms with Crippen LogP contribution in [0.1, 0.15) is 10.4 Å². The normalized spacial score (nSPS) is 9.94. The van der Waals surface area contributed by atoms with E-state index in [2.05, 4.69) is 15.0 Å². The van der Waals surface area contributed by atoms with E-state index in [1.165, 1.54) is 13.3 Å². The molecule has 1 heterocycles. The van der Waals surface area contributed by atoms with Crippen LogP contribution in [-0.2, 0) is 9.53 Å². The highest BCUT2D eigenvalue weighted by atomic mass is 16.5. The van der Waals surface area contributed by atoms with Crippen LogP contribution in [0.25, 0.3) is 10.9 Å². The molecule has 0 aliphatic rings. The molecule has 0 aliphatic heterocycles. The lowest BCUT2D eigenvalue weighted by Crippen LogP contribution is -2.04. The van der Waals surface area contributed by atoms with Crippen molar-refractivity contribution < 1.29 is 14.3 Å². The van der Waals surface area contributed by atoms with Gasteiger partial charge in [-0.05, 0) is 12.1 Å². The Morgan fingerprint density at radius 1 is 1.41 bits per heavy atom. The summed E-state index contributed by atoms with van der Waals surface area (Å²) < 4.78 is 4.69. The molecule has 2 rings (SSSR count). The molecular weight excluding hydrogens is 220 g/mol. The number of nitrogens with one attached hydrogen (secondary N) is 1. The molecule has 0 aliphatic carbocycles. The number of methoxy groups -OCH3 is 1. The summed E-state index contributed by atoms with van der Waals surface area (Å²) >= 11 is 0. The maximum absolute atomic E-state index is 11.6. The first-order valence-corrected chi connectivity index (χ1v) is 4.94. The van der Waals surface area contributed by atoms with Crippen molar-refractivity contribution in [3.63, 3.8) is 0 Å². The highest BCUT2D eigenvalue weighted by Gasteiger charge is 2.12. The Bertz CT molecular complexity index is 581. The number of fused-ring (bicyclic) bond motifs is 1. The van der Waals surface area contributed by atoms with Gasteiger partial charge in [0.1, 0.15) is 0 Å². The van der Waals surface area contributed by atoms with Crippen LogP contribution in [0, 0.1) is 0 Å². The highest BCUT2D eigenvalue weighted by Crippen LogP contribution is 2.24. The van der Waals surface area contributed by atoms with Crippen molar-refractivity contribution in [2.45, 2.75) is 0 Å². The lowest BCUT2D eigenvalue weighted by molar-refractivity contribution is -0.105. The van der Waals surface area contributed by atoms with Gasteiger partial charge in [-0.15, -0.1) is 0 Å². The predicted octanol–water partition coefficient (Wildman–Crippen LogP) is 1.59. The van der Waals surface area contributed by atoms with E-state index in [-0.39, 0.29) is 0 Å². The fraction of sp³-hybridized carbons (Fsp3) is 0.0833. The van der Waals surface area contributed by atoms with Crippen LogP contribution < -0.4 is 5.32 Å². The minimum atomic E-state index is -0.430. The fourth-order valence-corrected chi connectivity index (χ4v) is 1.64. The maximum atomic E-state index is 11.6. The predicted molar refractivity (Wildman–Crippen MR) is 62.8 cm³/mol. The standard InChI is InChI=1S/C12H10N2O3/c1-17-12(16)9-5-6-13-11-8(9)3-2-4-10(11)14-7-15/h2-7H,1H3,(H,14,15). The largest absolute Gasteiger partial charge is 0.465 e. The molecule has 1 aromatic carbocycles. The topological polar surface area (TPSA) is 68.3 Å². The molecule has 17 heavy (non-hydrogen) atoms. The van der Waals surface area contributed by atoms with Gasteiger partial charge in [0.2, 0.25) is 6.41 Å². The molecule has 1 N–H and O–H groups in total. The van der Waals surface area contributed by atoms with Crippen LogP contribution in [0.4, 0.5) is 5.69 Å². The number of carbonyl (C=O) groups is 2. The van der Waals surface area contributed by atoms with Gasteiger partial charge in [0.05, 0.1) is 23.9 Å². The van der Waals surface area contributed by atoms with Crippen molar-refractivity contribution in [3.8, 4) is 0 Å². The van der Waals surface area contributed by atoms with Crippen molar-refractivity contribution in [3.05, 3.63) is 36.0 Å². The van der Waals surface area contributed by atoms with E-state index in [0.717, 1.165) is 0 Å². The van der Waals surface area contributed by atoms with E-state index in [9.17, 15) is 9.59 Å². The average molecular weight is 230 g/mol. The van der Waals surface area contributed by atoms with Crippen LogP contribution in [0.3, 0.4) is 0 Å². The Hall–Kier alpha value is -2.43. The first-order valence-electron chi connectivity index (χ1n) is 4.94. The van der Waals surface area contributed by atoms with Gasteiger partial charge in [-0.3, -0.25) is 9.78 Å². The fourth-order valence-electron chi connectivity index (χ4n) is 1.64. The number of amides is 1. The summed E-state index contributed by atoms with van der Waals surface area (Å²) in [5.41, 5.74) is 1.54. The number of rotatable bonds is 3.